The zero-order chi connectivity index (χ0) is 19.1. The van der Waals surface area contributed by atoms with Crippen molar-refractivity contribution in [2.75, 3.05) is 6.61 Å². The number of hydrogen-bond donors (Lipinski definition) is 2. The summed E-state index contributed by atoms with van der Waals surface area (Å²) >= 11 is 0. The first-order valence-electron chi connectivity index (χ1n) is 9.66. The van der Waals surface area contributed by atoms with E-state index in [4.69, 9.17) is 4.74 Å². The molecule has 0 radical (unpaired) electrons. The van der Waals surface area contributed by atoms with Gasteiger partial charge < -0.3 is 15.2 Å². The van der Waals surface area contributed by atoms with Crippen LogP contribution >= 0.6 is 0 Å². The smallest absolute Gasteiger partial charge is 0.336 e. The number of cyclic esters (lactones) is 1. The van der Waals surface area contributed by atoms with Crippen LogP contribution in [0.2, 0.25) is 0 Å². The highest BCUT2D eigenvalue weighted by Gasteiger charge is 2.53. The van der Waals surface area contributed by atoms with Gasteiger partial charge in [-0.1, -0.05) is 31.6 Å². The summed E-state index contributed by atoms with van der Waals surface area (Å²) in [6, 6.07) is -0.345. The number of allylic oxidation sites excluding steroid dienone is 3. The van der Waals surface area contributed by atoms with Crippen LogP contribution in [0.5, 0.6) is 0 Å². The highest BCUT2D eigenvalue weighted by atomic mass is 16.5. The van der Waals surface area contributed by atoms with Gasteiger partial charge in [0.2, 0.25) is 6.41 Å². The molecule has 144 valence electrons. The minimum absolute atomic E-state index is 0.105. The minimum atomic E-state index is -0.611. The number of hydrogen-bond acceptors (Lipinski definition) is 4. The van der Waals surface area contributed by atoms with Crippen molar-refractivity contribution in [3.8, 4) is 0 Å². The molecule has 1 amide bonds. The number of carbonyl (C=O) groups is 2. The Bertz CT molecular complexity index is 650. The number of amides is 1. The number of fused-ring (bicyclic) bond motifs is 1. The van der Waals surface area contributed by atoms with Gasteiger partial charge in [-0.05, 0) is 62.7 Å². The van der Waals surface area contributed by atoms with Gasteiger partial charge in [0.15, 0.2) is 0 Å². The van der Waals surface area contributed by atoms with Crippen LogP contribution in [0.4, 0.5) is 0 Å². The molecular weight excluding hydrogens is 330 g/mol. The monoisotopic (exact) mass is 361 g/mol. The van der Waals surface area contributed by atoms with Crippen LogP contribution in [-0.4, -0.2) is 35.7 Å². The van der Waals surface area contributed by atoms with E-state index in [0.717, 1.165) is 25.7 Å². The minimum Gasteiger partial charge on any atom is -0.460 e. The van der Waals surface area contributed by atoms with Gasteiger partial charge in [0, 0.05) is 0 Å². The summed E-state index contributed by atoms with van der Waals surface area (Å²) in [6.07, 6.45) is 8.43. The second kappa shape index (κ2) is 6.84. The van der Waals surface area contributed by atoms with Gasteiger partial charge in [-0.2, -0.15) is 0 Å². The number of rotatable bonds is 4. The Kier molecular flexibility index (Phi) is 5.04. The van der Waals surface area contributed by atoms with Crippen molar-refractivity contribution < 1.29 is 19.4 Å². The molecule has 1 heterocycles. The first-order chi connectivity index (χ1) is 12.2. The van der Waals surface area contributed by atoms with Gasteiger partial charge in [-0.3, -0.25) is 4.79 Å². The van der Waals surface area contributed by atoms with Crippen molar-refractivity contribution in [1.82, 2.24) is 5.32 Å². The molecule has 6 atom stereocenters. The number of ether oxygens (including phenoxy) is 1. The van der Waals surface area contributed by atoms with E-state index in [-0.39, 0.29) is 30.0 Å². The lowest BCUT2D eigenvalue weighted by Gasteiger charge is -2.56. The van der Waals surface area contributed by atoms with E-state index in [1.54, 1.807) is 0 Å². The summed E-state index contributed by atoms with van der Waals surface area (Å²) in [5.74, 6) is 0.667. The molecule has 0 spiro atoms. The summed E-state index contributed by atoms with van der Waals surface area (Å²) < 4.78 is 5.10. The van der Waals surface area contributed by atoms with E-state index in [9.17, 15) is 14.7 Å². The summed E-state index contributed by atoms with van der Waals surface area (Å²) in [6.45, 7) is 8.87. The normalized spacial score (nSPS) is 44.3. The molecule has 1 saturated carbocycles. The van der Waals surface area contributed by atoms with E-state index in [1.165, 1.54) is 5.57 Å². The van der Waals surface area contributed by atoms with Crippen LogP contribution < -0.4 is 5.32 Å². The molecule has 0 aromatic carbocycles. The Morgan fingerprint density at radius 2 is 2.12 bits per heavy atom. The number of carbonyl (C=O) groups excluding carboxylic acids is 2. The molecular formula is C21H31NO4. The van der Waals surface area contributed by atoms with Crippen molar-refractivity contribution in [3.63, 3.8) is 0 Å². The maximum Gasteiger partial charge on any atom is 0.336 e. The molecule has 5 nitrogen and oxygen atoms in total. The van der Waals surface area contributed by atoms with Crippen LogP contribution in [0.1, 0.15) is 53.4 Å². The Morgan fingerprint density at radius 3 is 2.81 bits per heavy atom. The van der Waals surface area contributed by atoms with E-state index in [2.05, 4.69) is 32.2 Å². The van der Waals surface area contributed by atoms with Crippen LogP contribution in [0.3, 0.4) is 0 Å². The van der Waals surface area contributed by atoms with Gasteiger partial charge in [0.05, 0.1) is 17.2 Å². The Hall–Kier alpha value is -1.62. The average Bonchev–Trinajstić information content (AvgIpc) is 2.92. The number of nitrogens with one attached hydrogen (secondary N) is 1. The predicted molar refractivity (Wildman–Crippen MR) is 99.1 cm³/mol. The molecule has 0 aromatic heterocycles. The maximum atomic E-state index is 12.0. The summed E-state index contributed by atoms with van der Waals surface area (Å²) in [7, 11) is 0. The van der Waals surface area contributed by atoms with Gasteiger partial charge in [-0.25, -0.2) is 4.79 Å². The topological polar surface area (TPSA) is 75.6 Å². The standard InChI is InChI=1S/C21H31NO4/c1-13-5-7-17-14(2)21(4,25)10-9-20(17,3)16(13)8-6-15-18(22-12-23)11-26-19(15)24/h5-6,12,14,16-18,25H,7-11H2,1-4H3,(H,22,23)/b15-6+/t14-,16-,17?,18?,20+,21+/m1/s1. The summed E-state index contributed by atoms with van der Waals surface area (Å²) in [5.41, 5.74) is 1.42. The molecule has 3 rings (SSSR count). The third-order valence-corrected chi connectivity index (χ3v) is 7.48. The lowest BCUT2D eigenvalue weighted by atomic mass is 9.49. The molecule has 2 aliphatic carbocycles. The number of aliphatic hydroxyl groups is 1. The Morgan fingerprint density at radius 1 is 1.38 bits per heavy atom. The van der Waals surface area contributed by atoms with Crippen LogP contribution in [0, 0.1) is 23.2 Å². The molecule has 5 heteroatoms. The van der Waals surface area contributed by atoms with E-state index >= 15 is 0 Å². The fourth-order valence-corrected chi connectivity index (χ4v) is 5.44. The lowest BCUT2D eigenvalue weighted by molar-refractivity contribution is -0.135. The average molecular weight is 361 g/mol. The van der Waals surface area contributed by atoms with Crippen molar-refractivity contribution >= 4 is 12.4 Å². The van der Waals surface area contributed by atoms with Gasteiger partial charge in [0.1, 0.15) is 6.61 Å². The van der Waals surface area contributed by atoms with Crippen molar-refractivity contribution in [1.29, 1.82) is 0 Å². The van der Waals surface area contributed by atoms with Gasteiger partial charge >= 0.3 is 5.97 Å². The van der Waals surface area contributed by atoms with Gasteiger partial charge in [0.25, 0.3) is 0 Å². The summed E-state index contributed by atoms with van der Waals surface area (Å²) in [5, 5.41) is 13.4. The first-order valence-corrected chi connectivity index (χ1v) is 9.66. The molecule has 0 aromatic rings. The molecule has 0 bridgehead atoms. The molecule has 2 fully saturated rings. The molecule has 2 unspecified atom stereocenters. The fraction of sp³-hybridized carbons (Fsp3) is 0.714. The van der Waals surface area contributed by atoms with Crippen LogP contribution in [-0.2, 0) is 14.3 Å². The highest BCUT2D eigenvalue weighted by Crippen LogP contribution is 2.58. The maximum absolute atomic E-state index is 12.0. The quantitative estimate of drug-likeness (QED) is 0.349. The summed E-state index contributed by atoms with van der Waals surface area (Å²) in [4.78, 5) is 22.8. The fourth-order valence-electron chi connectivity index (χ4n) is 5.44. The SMILES string of the molecule is CC1=CCC2[C@@H](C)[C@@](C)(O)CC[C@@]2(C)[C@@H]1C/C=C1/C(=O)OCC1NC=O. The van der Waals surface area contributed by atoms with E-state index in [0.29, 0.717) is 23.8 Å². The second-order valence-corrected chi connectivity index (χ2v) is 8.83. The largest absolute Gasteiger partial charge is 0.460 e. The van der Waals surface area contributed by atoms with E-state index < -0.39 is 5.60 Å². The molecule has 1 aliphatic heterocycles. The molecule has 3 aliphatic rings. The molecule has 26 heavy (non-hydrogen) atoms. The predicted octanol–water partition coefficient (Wildman–Crippen LogP) is 2.74. The Balaban J connectivity index is 1.86. The zero-order valence-corrected chi connectivity index (χ0v) is 16.2. The molecule has 1 saturated heterocycles. The third-order valence-electron chi connectivity index (χ3n) is 7.48. The molecule has 2 N–H and O–H groups in total. The second-order valence-electron chi connectivity index (χ2n) is 8.83. The Labute approximate surface area is 155 Å². The number of esters is 1. The first kappa shape index (κ1) is 19.2. The third kappa shape index (κ3) is 3.11. The van der Waals surface area contributed by atoms with E-state index in [1.807, 2.05) is 13.0 Å². The van der Waals surface area contributed by atoms with Crippen molar-refractivity contribution in [2.45, 2.75) is 65.0 Å². The highest BCUT2D eigenvalue weighted by molar-refractivity contribution is 5.92. The van der Waals surface area contributed by atoms with Crippen LogP contribution in [0.25, 0.3) is 0 Å². The zero-order valence-electron chi connectivity index (χ0n) is 16.2. The van der Waals surface area contributed by atoms with Crippen LogP contribution in [0.15, 0.2) is 23.3 Å². The van der Waals surface area contributed by atoms with Crippen molar-refractivity contribution in [2.24, 2.45) is 23.2 Å². The lowest BCUT2D eigenvalue weighted by Crippen LogP contribution is -2.53. The van der Waals surface area contributed by atoms with Gasteiger partial charge in [-0.15, -0.1) is 0 Å². The van der Waals surface area contributed by atoms with Crippen molar-refractivity contribution in [3.05, 3.63) is 23.3 Å².